The zero-order chi connectivity index (χ0) is 14.7. The van der Waals surface area contributed by atoms with Crippen LogP contribution in [0.5, 0.6) is 0 Å². The molecule has 0 aliphatic carbocycles. The SMILES string of the molecule is CCCCCCCCCCCCCCCCCCC[As]. The minimum absolute atomic E-state index is 1.31. The van der Waals surface area contributed by atoms with Gasteiger partial charge in [-0.05, 0) is 0 Å². The van der Waals surface area contributed by atoms with Gasteiger partial charge in [-0.15, -0.1) is 0 Å². The van der Waals surface area contributed by atoms with Gasteiger partial charge in [0.05, 0.1) is 0 Å². The predicted octanol–water partition coefficient (Wildman–Crippen LogP) is 7.22. The molecule has 0 aliphatic heterocycles. The van der Waals surface area contributed by atoms with Crippen molar-refractivity contribution in [3.8, 4) is 0 Å². The Morgan fingerprint density at radius 2 is 0.650 bits per heavy atom. The third-order valence-electron chi connectivity index (χ3n) is 4.26. The third-order valence-corrected chi connectivity index (χ3v) is 4.93. The van der Waals surface area contributed by atoms with Crippen molar-refractivity contribution in [2.45, 2.75) is 121 Å². The van der Waals surface area contributed by atoms with Crippen LogP contribution in [0.2, 0.25) is 5.21 Å². The molecule has 2 radical (unpaired) electrons. The van der Waals surface area contributed by atoms with E-state index in [1.807, 2.05) is 0 Å². The molecule has 0 aromatic heterocycles. The fraction of sp³-hybridized carbons (Fsp3) is 1.00. The predicted molar refractivity (Wildman–Crippen MR) is 94.7 cm³/mol. The first kappa shape index (κ1) is 20.6. The molecule has 0 atom stereocenters. The van der Waals surface area contributed by atoms with Crippen molar-refractivity contribution in [2.75, 3.05) is 0 Å². The van der Waals surface area contributed by atoms with E-state index in [4.69, 9.17) is 0 Å². The van der Waals surface area contributed by atoms with Gasteiger partial charge in [-0.25, -0.2) is 0 Å². The van der Waals surface area contributed by atoms with Crippen LogP contribution in [0.15, 0.2) is 0 Å². The molecule has 0 heterocycles. The van der Waals surface area contributed by atoms with E-state index in [0.717, 1.165) is 0 Å². The van der Waals surface area contributed by atoms with Crippen molar-refractivity contribution in [3.63, 3.8) is 0 Å². The summed E-state index contributed by atoms with van der Waals surface area (Å²) in [5.74, 6) is 0. The second-order valence-corrected chi connectivity index (χ2v) is 7.32. The molecule has 0 unspecified atom stereocenters. The fourth-order valence-corrected chi connectivity index (χ4v) is 3.31. The molecule has 1 heteroatoms. The fourth-order valence-electron chi connectivity index (χ4n) is 2.84. The summed E-state index contributed by atoms with van der Waals surface area (Å²) >= 11 is 2.70. The number of hydrogen-bond donors (Lipinski definition) is 0. The Hall–Kier alpha value is 0.558. The van der Waals surface area contributed by atoms with E-state index in [9.17, 15) is 0 Å². The molecule has 0 nitrogen and oxygen atoms in total. The molecule has 0 bridgehead atoms. The van der Waals surface area contributed by atoms with Crippen LogP contribution in [-0.2, 0) is 0 Å². The van der Waals surface area contributed by atoms with Crippen molar-refractivity contribution in [1.29, 1.82) is 0 Å². The van der Waals surface area contributed by atoms with E-state index in [2.05, 4.69) is 23.8 Å². The Labute approximate surface area is 138 Å². The van der Waals surface area contributed by atoms with Crippen molar-refractivity contribution >= 4 is 16.9 Å². The first-order valence-electron chi connectivity index (χ1n) is 9.52. The molecule has 0 spiro atoms. The zero-order valence-electron chi connectivity index (χ0n) is 14.2. The number of unbranched alkanes of at least 4 members (excludes halogenated alkanes) is 16. The van der Waals surface area contributed by atoms with Gasteiger partial charge in [0, 0.05) is 0 Å². The Kier molecular flexibility index (Phi) is 20.1. The van der Waals surface area contributed by atoms with Crippen LogP contribution in [0.4, 0.5) is 0 Å². The quantitative estimate of drug-likeness (QED) is 0.193. The van der Waals surface area contributed by atoms with Crippen molar-refractivity contribution in [1.82, 2.24) is 0 Å². The van der Waals surface area contributed by atoms with Crippen molar-refractivity contribution < 1.29 is 0 Å². The van der Waals surface area contributed by atoms with Crippen LogP contribution in [0.1, 0.15) is 116 Å². The molecule has 0 aromatic carbocycles. The van der Waals surface area contributed by atoms with Gasteiger partial charge in [-0.1, -0.05) is 45.4 Å². The average Bonchev–Trinajstić information content (AvgIpc) is 2.47. The van der Waals surface area contributed by atoms with Gasteiger partial charge in [-0.2, -0.15) is 0 Å². The Balaban J connectivity index is 2.89. The Morgan fingerprint density at radius 3 is 0.900 bits per heavy atom. The van der Waals surface area contributed by atoms with Crippen molar-refractivity contribution in [2.24, 2.45) is 0 Å². The summed E-state index contributed by atoms with van der Waals surface area (Å²) < 4.78 is 0. The van der Waals surface area contributed by atoms with E-state index in [1.165, 1.54) is 114 Å². The second-order valence-electron chi connectivity index (χ2n) is 6.38. The summed E-state index contributed by atoms with van der Waals surface area (Å²) in [4.78, 5) is 0. The number of rotatable bonds is 17. The molecule has 0 aromatic rings. The van der Waals surface area contributed by atoms with Gasteiger partial charge in [0.2, 0.25) is 0 Å². The topological polar surface area (TPSA) is 0 Å². The van der Waals surface area contributed by atoms with Gasteiger partial charge in [0.1, 0.15) is 0 Å². The van der Waals surface area contributed by atoms with Gasteiger partial charge < -0.3 is 0 Å². The molecule has 0 amide bonds. The third kappa shape index (κ3) is 18.6. The molecular weight excluding hydrogens is 303 g/mol. The summed E-state index contributed by atoms with van der Waals surface area (Å²) in [5, 5.41) is 1.31. The second kappa shape index (κ2) is 19.6. The molecule has 120 valence electrons. The molecule has 0 saturated heterocycles. The van der Waals surface area contributed by atoms with Crippen LogP contribution in [0, 0.1) is 0 Å². The maximum absolute atomic E-state index is 2.70. The molecule has 0 rings (SSSR count). The monoisotopic (exact) mass is 342 g/mol. The van der Waals surface area contributed by atoms with E-state index >= 15 is 0 Å². The Bertz CT molecular complexity index is 138. The van der Waals surface area contributed by atoms with E-state index in [0.29, 0.717) is 0 Å². The van der Waals surface area contributed by atoms with E-state index < -0.39 is 0 Å². The summed E-state index contributed by atoms with van der Waals surface area (Å²) in [6.07, 6.45) is 24.9. The maximum atomic E-state index is 2.70. The van der Waals surface area contributed by atoms with E-state index in [-0.39, 0.29) is 0 Å². The van der Waals surface area contributed by atoms with Gasteiger partial charge >= 0.3 is 92.7 Å². The molecular formula is C19H39As. The normalized spacial score (nSPS) is 11.1. The number of hydrogen-bond acceptors (Lipinski definition) is 0. The van der Waals surface area contributed by atoms with Gasteiger partial charge in [0.25, 0.3) is 0 Å². The van der Waals surface area contributed by atoms with Crippen LogP contribution < -0.4 is 0 Å². The van der Waals surface area contributed by atoms with Crippen molar-refractivity contribution in [3.05, 3.63) is 0 Å². The van der Waals surface area contributed by atoms with Crippen LogP contribution in [-0.4, -0.2) is 16.9 Å². The van der Waals surface area contributed by atoms with E-state index in [1.54, 1.807) is 0 Å². The minimum atomic E-state index is 1.31. The molecule has 0 N–H and O–H groups in total. The average molecular weight is 342 g/mol. The van der Waals surface area contributed by atoms with Crippen LogP contribution in [0.25, 0.3) is 0 Å². The molecule has 0 saturated carbocycles. The first-order valence-corrected chi connectivity index (χ1v) is 10.9. The summed E-state index contributed by atoms with van der Waals surface area (Å²) in [5.41, 5.74) is 0. The van der Waals surface area contributed by atoms with Gasteiger partial charge in [0.15, 0.2) is 0 Å². The van der Waals surface area contributed by atoms with Crippen LogP contribution >= 0.6 is 0 Å². The molecule has 20 heavy (non-hydrogen) atoms. The van der Waals surface area contributed by atoms with Gasteiger partial charge in [-0.3, -0.25) is 0 Å². The first-order chi connectivity index (χ1) is 9.91. The summed E-state index contributed by atoms with van der Waals surface area (Å²) in [6.45, 7) is 2.30. The zero-order valence-corrected chi connectivity index (χ0v) is 16.1. The summed E-state index contributed by atoms with van der Waals surface area (Å²) in [6, 6.07) is 0. The van der Waals surface area contributed by atoms with Crippen LogP contribution in [0.3, 0.4) is 0 Å². The summed E-state index contributed by atoms with van der Waals surface area (Å²) in [7, 11) is 0. The standard InChI is InChI=1S/C19H39As/c1-2-3-4-5-6-7-8-9-10-11-12-13-14-15-16-17-18-19-20/h2-19H2,1H3. The Morgan fingerprint density at radius 1 is 0.400 bits per heavy atom. The molecule has 0 aliphatic rings. The molecule has 0 fully saturated rings.